The standard InChI is InChI=1S/C20H31N5O4/c1-12(2)17(23-14(4)26)19(28)25-16(6-5-11-22-20(21)29)18(27)24-15-9-7-13(3)8-10-15/h7-10,12,16-17H,5-6,11H2,1-4H3,(H,23,26)(H,24,27)(H,25,28)(H3,21,22,29)/t16-,17?/m1/s1. The van der Waals surface area contributed by atoms with Crippen molar-refractivity contribution in [3.05, 3.63) is 29.8 Å². The molecule has 0 aromatic heterocycles. The second kappa shape index (κ2) is 11.7. The van der Waals surface area contributed by atoms with E-state index in [1.807, 2.05) is 19.1 Å². The predicted octanol–water partition coefficient (Wildman–Crippen LogP) is 1.03. The lowest BCUT2D eigenvalue weighted by molar-refractivity contribution is -0.131. The highest BCUT2D eigenvalue weighted by molar-refractivity contribution is 5.98. The number of nitrogens with one attached hydrogen (secondary N) is 4. The van der Waals surface area contributed by atoms with Gasteiger partial charge >= 0.3 is 6.03 Å². The minimum Gasteiger partial charge on any atom is -0.352 e. The van der Waals surface area contributed by atoms with Crippen molar-refractivity contribution in [2.24, 2.45) is 11.7 Å². The number of carbonyl (C=O) groups is 4. The normalized spacial score (nSPS) is 12.6. The van der Waals surface area contributed by atoms with Crippen LogP contribution in [0.2, 0.25) is 0 Å². The zero-order valence-corrected chi connectivity index (χ0v) is 17.4. The van der Waals surface area contributed by atoms with E-state index in [0.717, 1.165) is 5.56 Å². The lowest BCUT2D eigenvalue weighted by atomic mass is 10.0. The van der Waals surface area contributed by atoms with Gasteiger partial charge in [0.15, 0.2) is 0 Å². The summed E-state index contributed by atoms with van der Waals surface area (Å²) in [4.78, 5) is 47.6. The minimum atomic E-state index is -0.839. The zero-order valence-electron chi connectivity index (χ0n) is 17.4. The third-order valence-corrected chi connectivity index (χ3v) is 4.23. The summed E-state index contributed by atoms with van der Waals surface area (Å²) in [5, 5.41) is 10.6. The van der Waals surface area contributed by atoms with Gasteiger partial charge in [-0.05, 0) is 37.8 Å². The number of benzene rings is 1. The van der Waals surface area contributed by atoms with Gasteiger partial charge in [-0.3, -0.25) is 14.4 Å². The highest BCUT2D eigenvalue weighted by Gasteiger charge is 2.28. The van der Waals surface area contributed by atoms with Crippen molar-refractivity contribution in [1.29, 1.82) is 0 Å². The van der Waals surface area contributed by atoms with E-state index in [2.05, 4.69) is 21.3 Å². The van der Waals surface area contributed by atoms with E-state index < -0.39 is 24.0 Å². The Labute approximate surface area is 171 Å². The molecule has 1 unspecified atom stereocenters. The molecule has 0 aliphatic rings. The van der Waals surface area contributed by atoms with Crippen LogP contribution in [0, 0.1) is 12.8 Å². The summed E-state index contributed by atoms with van der Waals surface area (Å²) in [6.07, 6.45) is 0.719. The highest BCUT2D eigenvalue weighted by Crippen LogP contribution is 2.11. The molecule has 160 valence electrons. The summed E-state index contributed by atoms with van der Waals surface area (Å²) < 4.78 is 0. The first kappa shape index (κ1) is 23.9. The number of carbonyl (C=O) groups excluding carboxylic acids is 4. The van der Waals surface area contributed by atoms with Gasteiger partial charge in [-0.2, -0.15) is 0 Å². The van der Waals surface area contributed by atoms with E-state index in [1.165, 1.54) is 6.92 Å². The van der Waals surface area contributed by atoms with Crippen LogP contribution in [0.15, 0.2) is 24.3 Å². The summed E-state index contributed by atoms with van der Waals surface area (Å²) in [5.74, 6) is -1.31. The van der Waals surface area contributed by atoms with E-state index in [-0.39, 0.29) is 30.7 Å². The fourth-order valence-corrected chi connectivity index (χ4v) is 2.67. The molecule has 0 heterocycles. The Bertz CT molecular complexity index is 718. The van der Waals surface area contributed by atoms with Crippen molar-refractivity contribution in [3.63, 3.8) is 0 Å². The Morgan fingerprint density at radius 1 is 1.00 bits per heavy atom. The monoisotopic (exact) mass is 405 g/mol. The van der Waals surface area contributed by atoms with Crippen LogP contribution in [0.3, 0.4) is 0 Å². The maximum Gasteiger partial charge on any atom is 0.312 e. The molecule has 0 fully saturated rings. The molecule has 0 saturated carbocycles. The Morgan fingerprint density at radius 2 is 1.62 bits per heavy atom. The Morgan fingerprint density at radius 3 is 2.14 bits per heavy atom. The van der Waals surface area contributed by atoms with Crippen LogP contribution in [-0.2, 0) is 14.4 Å². The van der Waals surface area contributed by atoms with Gasteiger partial charge in [0.1, 0.15) is 12.1 Å². The number of rotatable bonds is 10. The fraction of sp³-hybridized carbons (Fsp3) is 0.500. The van der Waals surface area contributed by atoms with Crippen molar-refractivity contribution >= 4 is 29.4 Å². The lowest BCUT2D eigenvalue weighted by Crippen LogP contribution is -2.54. The average molecular weight is 405 g/mol. The van der Waals surface area contributed by atoms with Gasteiger partial charge in [0, 0.05) is 19.2 Å². The smallest absolute Gasteiger partial charge is 0.312 e. The van der Waals surface area contributed by atoms with Gasteiger partial charge < -0.3 is 27.0 Å². The minimum absolute atomic E-state index is 0.156. The molecule has 1 aromatic carbocycles. The second-order valence-corrected chi connectivity index (χ2v) is 7.27. The van der Waals surface area contributed by atoms with E-state index in [1.54, 1.807) is 26.0 Å². The number of primary amides is 1. The largest absolute Gasteiger partial charge is 0.352 e. The number of nitrogens with two attached hydrogens (primary N) is 1. The van der Waals surface area contributed by atoms with Crippen LogP contribution in [0.4, 0.5) is 10.5 Å². The molecule has 9 heteroatoms. The first-order valence-electron chi connectivity index (χ1n) is 9.58. The van der Waals surface area contributed by atoms with Gasteiger partial charge in [-0.1, -0.05) is 31.5 Å². The molecule has 29 heavy (non-hydrogen) atoms. The lowest BCUT2D eigenvalue weighted by Gasteiger charge is -2.25. The van der Waals surface area contributed by atoms with Crippen LogP contribution in [0.5, 0.6) is 0 Å². The second-order valence-electron chi connectivity index (χ2n) is 7.27. The third kappa shape index (κ3) is 9.09. The van der Waals surface area contributed by atoms with Crippen LogP contribution >= 0.6 is 0 Å². The number of anilines is 1. The van der Waals surface area contributed by atoms with Crippen molar-refractivity contribution in [3.8, 4) is 0 Å². The van der Waals surface area contributed by atoms with Crippen molar-refractivity contribution in [2.45, 2.75) is 52.6 Å². The molecule has 2 atom stereocenters. The van der Waals surface area contributed by atoms with Crippen molar-refractivity contribution < 1.29 is 19.2 Å². The molecule has 0 aliphatic heterocycles. The molecule has 0 aliphatic carbocycles. The SMILES string of the molecule is CC(=O)NC(C(=O)N[C@H](CCCNC(N)=O)C(=O)Nc1ccc(C)cc1)C(C)C. The quantitative estimate of drug-likeness (QED) is 0.370. The van der Waals surface area contributed by atoms with Gasteiger partial charge in [0.2, 0.25) is 17.7 Å². The molecule has 1 rings (SSSR count). The number of hydrogen-bond acceptors (Lipinski definition) is 4. The molecular formula is C20H31N5O4. The van der Waals surface area contributed by atoms with Crippen LogP contribution in [0.1, 0.15) is 39.2 Å². The van der Waals surface area contributed by atoms with E-state index in [4.69, 9.17) is 5.73 Å². The van der Waals surface area contributed by atoms with Crippen LogP contribution in [0.25, 0.3) is 0 Å². The summed E-state index contributed by atoms with van der Waals surface area (Å²) >= 11 is 0. The molecule has 5 amide bonds. The Kier molecular flexibility index (Phi) is 9.64. The Hall–Kier alpha value is -3.10. The van der Waals surface area contributed by atoms with Gasteiger partial charge in [-0.25, -0.2) is 4.79 Å². The van der Waals surface area contributed by atoms with Gasteiger partial charge in [0.25, 0.3) is 0 Å². The summed E-state index contributed by atoms with van der Waals surface area (Å²) in [5.41, 5.74) is 6.71. The molecule has 1 aromatic rings. The highest BCUT2D eigenvalue weighted by atomic mass is 16.2. The molecule has 0 bridgehead atoms. The fourth-order valence-electron chi connectivity index (χ4n) is 2.67. The van der Waals surface area contributed by atoms with Gasteiger partial charge in [-0.15, -0.1) is 0 Å². The first-order valence-corrected chi connectivity index (χ1v) is 9.58. The molecule has 0 spiro atoms. The topological polar surface area (TPSA) is 142 Å². The van der Waals surface area contributed by atoms with Crippen LogP contribution in [-0.4, -0.2) is 42.4 Å². The Balaban J connectivity index is 2.85. The van der Waals surface area contributed by atoms with Crippen molar-refractivity contribution in [2.75, 3.05) is 11.9 Å². The molecule has 0 radical (unpaired) electrons. The van der Waals surface area contributed by atoms with E-state index in [0.29, 0.717) is 12.1 Å². The summed E-state index contributed by atoms with van der Waals surface area (Å²) in [7, 11) is 0. The van der Waals surface area contributed by atoms with E-state index in [9.17, 15) is 19.2 Å². The molecule has 9 nitrogen and oxygen atoms in total. The third-order valence-electron chi connectivity index (χ3n) is 4.23. The number of urea groups is 1. The van der Waals surface area contributed by atoms with E-state index >= 15 is 0 Å². The molecule has 6 N–H and O–H groups in total. The summed E-state index contributed by atoms with van der Waals surface area (Å²) in [6, 6.07) is 5.03. The van der Waals surface area contributed by atoms with Crippen LogP contribution < -0.4 is 27.0 Å². The maximum absolute atomic E-state index is 12.8. The number of aryl methyl sites for hydroxylation is 1. The van der Waals surface area contributed by atoms with Gasteiger partial charge in [0.05, 0.1) is 0 Å². The molecule has 0 saturated heterocycles. The predicted molar refractivity (Wildman–Crippen MR) is 111 cm³/mol. The first-order chi connectivity index (χ1) is 13.6. The zero-order chi connectivity index (χ0) is 22.0. The summed E-state index contributed by atoms with van der Waals surface area (Å²) in [6.45, 7) is 7.16. The molecular weight excluding hydrogens is 374 g/mol. The average Bonchev–Trinajstić information content (AvgIpc) is 2.63. The number of amides is 5. The maximum atomic E-state index is 12.8. The number of hydrogen-bond donors (Lipinski definition) is 5. The van der Waals surface area contributed by atoms with Crippen molar-refractivity contribution in [1.82, 2.24) is 16.0 Å².